The van der Waals surface area contributed by atoms with Crippen LogP contribution >= 0.6 is 0 Å². The van der Waals surface area contributed by atoms with E-state index in [-0.39, 0.29) is 5.91 Å². The fraction of sp³-hybridized carbons (Fsp3) is 0.235. The summed E-state index contributed by atoms with van der Waals surface area (Å²) >= 11 is 0. The van der Waals surface area contributed by atoms with Gasteiger partial charge < -0.3 is 15.2 Å². The van der Waals surface area contributed by atoms with Gasteiger partial charge in [-0.2, -0.15) is 0 Å². The van der Waals surface area contributed by atoms with Crippen molar-refractivity contribution in [3.63, 3.8) is 0 Å². The van der Waals surface area contributed by atoms with Crippen LogP contribution in [0.1, 0.15) is 18.9 Å². The predicted molar refractivity (Wildman–Crippen MR) is 84.2 cm³/mol. The molecule has 3 N–H and O–H groups in total. The van der Waals surface area contributed by atoms with Gasteiger partial charge in [0.25, 0.3) is 0 Å². The number of aliphatic hydroxyl groups excluding tert-OH is 1. The van der Waals surface area contributed by atoms with E-state index in [0.717, 1.165) is 17.1 Å². The topological polar surface area (TPSA) is 70.6 Å². The van der Waals surface area contributed by atoms with Crippen molar-refractivity contribution in [3.05, 3.63) is 60.2 Å². The van der Waals surface area contributed by atoms with Gasteiger partial charge in [0.1, 0.15) is 11.5 Å². The van der Waals surface area contributed by atoms with Gasteiger partial charge in [0.2, 0.25) is 5.91 Å². The van der Waals surface area contributed by atoms with E-state index in [4.69, 9.17) is 4.74 Å². The first-order valence-corrected chi connectivity index (χ1v) is 7.20. The second-order valence-electron chi connectivity index (χ2n) is 4.76. The molecule has 2 aromatic rings. The molecule has 0 saturated heterocycles. The summed E-state index contributed by atoms with van der Waals surface area (Å²) in [4.78, 5) is 11.1. The first-order chi connectivity index (χ1) is 10.7. The molecule has 0 fully saturated rings. The Labute approximate surface area is 129 Å². The summed E-state index contributed by atoms with van der Waals surface area (Å²) in [6, 6.07) is 17.1. The van der Waals surface area contributed by atoms with Crippen LogP contribution in [0.15, 0.2) is 54.6 Å². The van der Waals surface area contributed by atoms with Crippen molar-refractivity contribution >= 4 is 5.91 Å². The smallest absolute Gasteiger partial charge is 0.222 e. The molecule has 0 spiro atoms. The van der Waals surface area contributed by atoms with E-state index in [0.29, 0.717) is 13.0 Å². The summed E-state index contributed by atoms with van der Waals surface area (Å²) in [5.74, 6) is 1.33. The lowest BCUT2D eigenvalue weighted by molar-refractivity contribution is -0.124. The normalized spacial score (nSPS) is 11.7. The van der Waals surface area contributed by atoms with Crippen LogP contribution in [0.25, 0.3) is 0 Å². The van der Waals surface area contributed by atoms with Crippen molar-refractivity contribution in [1.29, 1.82) is 0 Å². The van der Waals surface area contributed by atoms with Crippen LogP contribution in [-0.4, -0.2) is 17.4 Å². The number of nitrogens with one attached hydrogen (secondary N) is 2. The highest BCUT2D eigenvalue weighted by Crippen LogP contribution is 2.20. The lowest BCUT2D eigenvalue weighted by Gasteiger charge is -2.14. The van der Waals surface area contributed by atoms with Crippen LogP contribution in [0.4, 0.5) is 0 Å². The number of ether oxygens (including phenoxy) is 1. The minimum atomic E-state index is -1.05. The fourth-order valence-corrected chi connectivity index (χ4v) is 1.82. The van der Waals surface area contributed by atoms with Crippen molar-refractivity contribution in [1.82, 2.24) is 10.6 Å². The first-order valence-electron chi connectivity index (χ1n) is 7.20. The van der Waals surface area contributed by atoms with Gasteiger partial charge in [-0.1, -0.05) is 37.3 Å². The van der Waals surface area contributed by atoms with Crippen LogP contribution in [0, 0.1) is 0 Å². The maximum atomic E-state index is 11.1. The molecule has 1 atom stereocenters. The van der Waals surface area contributed by atoms with Crippen molar-refractivity contribution in [2.45, 2.75) is 26.2 Å². The molecule has 0 aromatic heterocycles. The van der Waals surface area contributed by atoms with Crippen LogP contribution in [0.3, 0.4) is 0 Å². The Morgan fingerprint density at radius 3 is 2.36 bits per heavy atom. The van der Waals surface area contributed by atoms with Crippen molar-refractivity contribution < 1.29 is 14.6 Å². The highest BCUT2D eigenvalue weighted by molar-refractivity contribution is 5.75. The molecule has 2 aromatic carbocycles. The van der Waals surface area contributed by atoms with Crippen LogP contribution in [0.2, 0.25) is 0 Å². The van der Waals surface area contributed by atoms with E-state index in [1.165, 1.54) is 0 Å². The minimum Gasteiger partial charge on any atom is -0.457 e. The van der Waals surface area contributed by atoms with Crippen LogP contribution in [-0.2, 0) is 11.3 Å². The van der Waals surface area contributed by atoms with Gasteiger partial charge in [0.05, 0.1) is 0 Å². The molecule has 5 nitrogen and oxygen atoms in total. The summed E-state index contributed by atoms with van der Waals surface area (Å²) in [6.45, 7) is 2.17. The van der Waals surface area contributed by atoms with E-state index in [1.54, 1.807) is 6.92 Å². The molecule has 5 heteroatoms. The summed E-state index contributed by atoms with van der Waals surface area (Å²) < 4.78 is 5.70. The Hall–Kier alpha value is -2.37. The van der Waals surface area contributed by atoms with Gasteiger partial charge in [-0.3, -0.25) is 10.1 Å². The third-order valence-corrected chi connectivity index (χ3v) is 3.02. The van der Waals surface area contributed by atoms with E-state index in [9.17, 15) is 9.90 Å². The molecule has 0 bridgehead atoms. The largest absolute Gasteiger partial charge is 0.457 e. The summed E-state index contributed by atoms with van der Waals surface area (Å²) in [7, 11) is 0. The maximum absolute atomic E-state index is 11.1. The summed E-state index contributed by atoms with van der Waals surface area (Å²) in [5, 5.41) is 14.8. The van der Waals surface area contributed by atoms with E-state index in [2.05, 4.69) is 10.6 Å². The standard InChI is InChI=1S/C17H20N2O3/c1-2-16(20)19-17(21)18-12-13-8-10-15(11-9-13)22-14-6-4-3-5-7-14/h3-11,17-18,21H,2,12H2,1H3,(H,19,20)/t17-/m0/s1. The number of amides is 1. The Kier molecular flexibility index (Phi) is 5.94. The number of hydrogen-bond acceptors (Lipinski definition) is 4. The Bertz CT molecular complexity index is 585. The maximum Gasteiger partial charge on any atom is 0.222 e. The third-order valence-electron chi connectivity index (χ3n) is 3.02. The van der Waals surface area contributed by atoms with Crippen LogP contribution < -0.4 is 15.4 Å². The van der Waals surface area contributed by atoms with Gasteiger partial charge in [0.15, 0.2) is 6.35 Å². The molecule has 0 aliphatic heterocycles. The zero-order chi connectivity index (χ0) is 15.8. The van der Waals surface area contributed by atoms with Gasteiger partial charge in [-0.15, -0.1) is 0 Å². The minimum absolute atomic E-state index is 0.202. The Morgan fingerprint density at radius 1 is 1.09 bits per heavy atom. The lowest BCUT2D eigenvalue weighted by Crippen LogP contribution is -2.44. The molecular formula is C17H20N2O3. The SMILES string of the molecule is CCC(=O)N[C@@H](O)NCc1ccc(Oc2ccccc2)cc1. The zero-order valence-electron chi connectivity index (χ0n) is 12.5. The average Bonchev–Trinajstić information content (AvgIpc) is 2.55. The lowest BCUT2D eigenvalue weighted by atomic mass is 10.2. The Morgan fingerprint density at radius 2 is 1.73 bits per heavy atom. The van der Waals surface area contributed by atoms with Crippen molar-refractivity contribution in [2.24, 2.45) is 0 Å². The molecule has 0 saturated carbocycles. The molecule has 0 heterocycles. The van der Waals surface area contributed by atoms with Gasteiger partial charge in [0, 0.05) is 13.0 Å². The second-order valence-corrected chi connectivity index (χ2v) is 4.76. The van der Waals surface area contributed by atoms with E-state index in [1.807, 2.05) is 54.6 Å². The molecule has 1 amide bonds. The quantitative estimate of drug-likeness (QED) is 0.687. The number of rotatable bonds is 7. The summed E-state index contributed by atoms with van der Waals surface area (Å²) in [5.41, 5.74) is 0.977. The summed E-state index contributed by atoms with van der Waals surface area (Å²) in [6.07, 6.45) is -0.711. The predicted octanol–water partition coefficient (Wildman–Crippen LogP) is 2.37. The van der Waals surface area contributed by atoms with Crippen molar-refractivity contribution in [3.8, 4) is 11.5 Å². The highest BCUT2D eigenvalue weighted by Gasteiger charge is 2.06. The van der Waals surface area contributed by atoms with Gasteiger partial charge >= 0.3 is 0 Å². The monoisotopic (exact) mass is 300 g/mol. The van der Waals surface area contributed by atoms with Crippen molar-refractivity contribution in [2.75, 3.05) is 0 Å². The highest BCUT2D eigenvalue weighted by atomic mass is 16.5. The molecule has 0 aliphatic carbocycles. The third kappa shape index (κ3) is 5.20. The molecule has 2 rings (SSSR count). The van der Waals surface area contributed by atoms with E-state index < -0.39 is 6.35 Å². The number of aliphatic hydroxyl groups is 1. The zero-order valence-corrected chi connectivity index (χ0v) is 12.5. The van der Waals surface area contributed by atoms with Gasteiger partial charge in [-0.25, -0.2) is 0 Å². The molecule has 116 valence electrons. The van der Waals surface area contributed by atoms with Gasteiger partial charge in [-0.05, 0) is 29.8 Å². The molecule has 0 radical (unpaired) electrons. The van der Waals surface area contributed by atoms with E-state index >= 15 is 0 Å². The first kappa shape index (κ1) is 16.0. The van der Waals surface area contributed by atoms with Crippen LogP contribution in [0.5, 0.6) is 11.5 Å². The molecule has 22 heavy (non-hydrogen) atoms. The second kappa shape index (κ2) is 8.17. The number of hydrogen-bond donors (Lipinski definition) is 3. The molecular weight excluding hydrogens is 280 g/mol. The number of benzene rings is 2. The average molecular weight is 300 g/mol. The molecule has 0 unspecified atom stereocenters. The number of carbonyl (C=O) groups excluding carboxylic acids is 1. The fourth-order valence-electron chi connectivity index (χ4n) is 1.82. The Balaban J connectivity index is 1.83. The number of para-hydroxylation sites is 1. The number of carbonyl (C=O) groups is 1. The molecule has 0 aliphatic rings.